The minimum Gasteiger partial charge on any atom is -0.351 e. The third-order valence-corrected chi connectivity index (χ3v) is 5.06. The van der Waals surface area contributed by atoms with Gasteiger partial charge >= 0.3 is 0 Å². The smallest absolute Gasteiger partial charge is 0.237 e. The number of piperidine rings is 1. The van der Waals surface area contributed by atoms with Crippen LogP contribution in [0.1, 0.15) is 36.8 Å². The Kier molecular flexibility index (Phi) is 5.48. The normalized spacial score (nSPS) is 17.4. The van der Waals surface area contributed by atoms with Gasteiger partial charge < -0.3 is 5.32 Å². The van der Waals surface area contributed by atoms with Gasteiger partial charge in [0.1, 0.15) is 5.82 Å². The molecular formula is C19H25FN4O. The molecule has 134 valence electrons. The third kappa shape index (κ3) is 4.25. The summed E-state index contributed by atoms with van der Waals surface area (Å²) in [6.45, 7) is 3.91. The van der Waals surface area contributed by atoms with Crippen molar-refractivity contribution < 1.29 is 9.18 Å². The molecule has 0 saturated carbocycles. The van der Waals surface area contributed by atoms with Crippen molar-refractivity contribution in [2.75, 3.05) is 13.1 Å². The molecule has 25 heavy (non-hydrogen) atoms. The topological polar surface area (TPSA) is 50.2 Å². The summed E-state index contributed by atoms with van der Waals surface area (Å²) < 4.78 is 15.5. The molecule has 5 nitrogen and oxygen atoms in total. The molecule has 1 amide bonds. The standard InChI is InChI=1S/C19H25FN4O/c1-14(19(25)21-11-16-5-3-4-6-18(16)20)24-9-7-15(8-10-24)17-12-22-23(2)13-17/h3-6,12-15H,7-11H2,1-2H3,(H,21,25)/t14-/m0/s1. The molecule has 1 N–H and O–H groups in total. The maximum atomic E-state index is 13.6. The number of halogens is 1. The van der Waals surface area contributed by atoms with E-state index in [-0.39, 0.29) is 24.3 Å². The van der Waals surface area contributed by atoms with Gasteiger partial charge in [0.05, 0.1) is 12.2 Å². The van der Waals surface area contributed by atoms with E-state index >= 15 is 0 Å². The van der Waals surface area contributed by atoms with Crippen LogP contribution in [-0.2, 0) is 18.4 Å². The molecule has 0 aliphatic carbocycles. The van der Waals surface area contributed by atoms with E-state index in [9.17, 15) is 9.18 Å². The highest BCUT2D eigenvalue weighted by atomic mass is 19.1. The van der Waals surface area contributed by atoms with Crippen LogP contribution in [0, 0.1) is 5.82 Å². The average molecular weight is 344 g/mol. The molecule has 2 aromatic rings. The minimum atomic E-state index is -0.285. The second-order valence-electron chi connectivity index (χ2n) is 6.74. The lowest BCUT2D eigenvalue weighted by molar-refractivity contribution is -0.126. The highest BCUT2D eigenvalue weighted by Crippen LogP contribution is 2.28. The molecule has 3 rings (SSSR count). The van der Waals surface area contributed by atoms with Gasteiger partial charge in [0, 0.05) is 25.4 Å². The Bertz CT molecular complexity index is 722. The van der Waals surface area contributed by atoms with Gasteiger partial charge in [-0.25, -0.2) is 4.39 Å². The molecule has 1 atom stereocenters. The van der Waals surface area contributed by atoms with Crippen molar-refractivity contribution in [1.82, 2.24) is 20.0 Å². The number of hydrogen-bond donors (Lipinski definition) is 1. The van der Waals surface area contributed by atoms with Crippen LogP contribution in [0.5, 0.6) is 0 Å². The molecule has 0 spiro atoms. The number of carbonyl (C=O) groups excluding carboxylic acids is 1. The van der Waals surface area contributed by atoms with Crippen molar-refractivity contribution in [2.45, 2.75) is 38.3 Å². The van der Waals surface area contributed by atoms with Crippen LogP contribution in [0.4, 0.5) is 4.39 Å². The molecule has 2 heterocycles. The van der Waals surface area contributed by atoms with Crippen molar-refractivity contribution in [3.63, 3.8) is 0 Å². The Balaban J connectivity index is 1.49. The first-order valence-electron chi connectivity index (χ1n) is 8.78. The van der Waals surface area contributed by atoms with Gasteiger partial charge in [0.2, 0.25) is 5.91 Å². The second kappa shape index (κ2) is 7.78. The van der Waals surface area contributed by atoms with Crippen molar-refractivity contribution in [1.29, 1.82) is 0 Å². The predicted molar refractivity (Wildman–Crippen MR) is 94.5 cm³/mol. The number of aryl methyl sites for hydroxylation is 1. The summed E-state index contributed by atoms with van der Waals surface area (Å²) >= 11 is 0. The molecular weight excluding hydrogens is 319 g/mol. The Labute approximate surface area is 147 Å². The quantitative estimate of drug-likeness (QED) is 0.906. The van der Waals surface area contributed by atoms with E-state index in [2.05, 4.69) is 21.5 Å². The molecule has 1 saturated heterocycles. The second-order valence-corrected chi connectivity index (χ2v) is 6.74. The van der Waals surface area contributed by atoms with Crippen molar-refractivity contribution >= 4 is 5.91 Å². The molecule has 1 aliphatic rings. The Hall–Kier alpha value is -2.21. The van der Waals surface area contributed by atoms with E-state index in [4.69, 9.17) is 0 Å². The molecule has 1 aromatic carbocycles. The monoisotopic (exact) mass is 344 g/mol. The summed E-state index contributed by atoms with van der Waals surface area (Å²) in [5.74, 6) is 0.175. The average Bonchev–Trinajstić information content (AvgIpc) is 3.07. The Morgan fingerprint density at radius 2 is 2.08 bits per heavy atom. The lowest BCUT2D eigenvalue weighted by atomic mass is 9.91. The van der Waals surface area contributed by atoms with Crippen molar-refractivity contribution in [3.8, 4) is 0 Å². The highest BCUT2D eigenvalue weighted by Gasteiger charge is 2.27. The molecule has 1 aliphatic heterocycles. The Morgan fingerprint density at radius 1 is 1.36 bits per heavy atom. The van der Waals surface area contributed by atoms with E-state index in [0.29, 0.717) is 11.5 Å². The van der Waals surface area contributed by atoms with Crippen molar-refractivity contribution in [2.24, 2.45) is 7.05 Å². The summed E-state index contributed by atoms with van der Waals surface area (Å²) in [4.78, 5) is 14.6. The number of nitrogens with zero attached hydrogens (tertiary/aromatic N) is 3. The van der Waals surface area contributed by atoms with E-state index in [1.165, 1.54) is 11.6 Å². The van der Waals surface area contributed by atoms with Gasteiger partial charge in [0.25, 0.3) is 0 Å². The van der Waals surface area contributed by atoms with E-state index < -0.39 is 0 Å². The van der Waals surface area contributed by atoms with Gasteiger partial charge in [-0.2, -0.15) is 5.10 Å². The zero-order chi connectivity index (χ0) is 17.8. The fraction of sp³-hybridized carbons (Fsp3) is 0.474. The maximum Gasteiger partial charge on any atom is 0.237 e. The fourth-order valence-corrected chi connectivity index (χ4v) is 3.41. The summed E-state index contributed by atoms with van der Waals surface area (Å²) in [5.41, 5.74) is 1.79. The fourth-order valence-electron chi connectivity index (χ4n) is 3.41. The van der Waals surface area contributed by atoms with E-state index in [1.54, 1.807) is 18.2 Å². The maximum absolute atomic E-state index is 13.6. The number of rotatable bonds is 5. The Morgan fingerprint density at radius 3 is 2.72 bits per heavy atom. The number of aromatic nitrogens is 2. The summed E-state index contributed by atoms with van der Waals surface area (Å²) in [6, 6.07) is 6.32. The highest BCUT2D eigenvalue weighted by molar-refractivity contribution is 5.81. The predicted octanol–water partition coefficient (Wildman–Crippen LogP) is 2.44. The zero-order valence-electron chi connectivity index (χ0n) is 14.8. The molecule has 0 bridgehead atoms. The number of likely N-dealkylation sites (tertiary alicyclic amines) is 1. The number of nitrogens with one attached hydrogen (secondary N) is 1. The van der Waals surface area contributed by atoms with Crippen LogP contribution in [0.15, 0.2) is 36.7 Å². The molecule has 1 aromatic heterocycles. The third-order valence-electron chi connectivity index (χ3n) is 5.06. The van der Waals surface area contributed by atoms with Gasteiger partial charge in [-0.05, 0) is 50.4 Å². The van der Waals surface area contributed by atoms with Gasteiger partial charge in [-0.1, -0.05) is 18.2 Å². The van der Waals surface area contributed by atoms with E-state index in [1.807, 2.05) is 24.9 Å². The minimum absolute atomic E-state index is 0.0527. The molecule has 1 fully saturated rings. The lowest BCUT2D eigenvalue weighted by Crippen LogP contribution is -2.47. The van der Waals surface area contributed by atoms with Crippen LogP contribution in [-0.4, -0.2) is 39.7 Å². The first-order chi connectivity index (χ1) is 12.0. The number of benzene rings is 1. The summed E-state index contributed by atoms with van der Waals surface area (Å²) in [5, 5.41) is 7.09. The van der Waals surface area contributed by atoms with Crippen LogP contribution in [0.2, 0.25) is 0 Å². The largest absolute Gasteiger partial charge is 0.351 e. The van der Waals surface area contributed by atoms with Crippen molar-refractivity contribution in [3.05, 3.63) is 53.6 Å². The van der Waals surface area contributed by atoms with Gasteiger partial charge in [-0.15, -0.1) is 0 Å². The number of hydrogen-bond acceptors (Lipinski definition) is 3. The van der Waals surface area contributed by atoms with Crippen LogP contribution < -0.4 is 5.32 Å². The zero-order valence-corrected chi connectivity index (χ0v) is 14.8. The van der Waals surface area contributed by atoms with Crippen LogP contribution >= 0.6 is 0 Å². The number of amides is 1. The molecule has 0 unspecified atom stereocenters. The van der Waals surface area contributed by atoms with Crippen LogP contribution in [0.3, 0.4) is 0 Å². The molecule has 6 heteroatoms. The van der Waals surface area contributed by atoms with E-state index in [0.717, 1.165) is 25.9 Å². The SMILES string of the molecule is C[C@@H](C(=O)NCc1ccccc1F)N1CCC(c2cnn(C)c2)CC1. The molecule has 0 radical (unpaired) electrons. The first-order valence-corrected chi connectivity index (χ1v) is 8.78. The van der Waals surface area contributed by atoms with Crippen LogP contribution in [0.25, 0.3) is 0 Å². The lowest BCUT2D eigenvalue weighted by Gasteiger charge is -2.35. The van der Waals surface area contributed by atoms with Gasteiger partial charge in [0.15, 0.2) is 0 Å². The first kappa shape index (κ1) is 17.6. The van der Waals surface area contributed by atoms with Gasteiger partial charge in [-0.3, -0.25) is 14.4 Å². The summed E-state index contributed by atoms with van der Waals surface area (Å²) in [6.07, 6.45) is 6.06. The summed E-state index contributed by atoms with van der Waals surface area (Å²) in [7, 11) is 1.93. The number of carbonyl (C=O) groups is 1.